The van der Waals surface area contributed by atoms with Gasteiger partial charge in [0.05, 0.1) is 15.9 Å². The van der Waals surface area contributed by atoms with E-state index in [2.05, 4.69) is 25.4 Å². The van der Waals surface area contributed by atoms with Crippen LogP contribution in [-0.4, -0.2) is 26.0 Å². The van der Waals surface area contributed by atoms with Crippen molar-refractivity contribution in [3.63, 3.8) is 0 Å². The number of carbonyl (C=O) groups is 1. The molecule has 4 rings (SSSR count). The third kappa shape index (κ3) is 3.04. The molecule has 0 spiro atoms. The lowest BCUT2D eigenvalue weighted by atomic mass is 10.3. The highest BCUT2D eigenvalue weighted by atomic mass is 32.1. The van der Waals surface area contributed by atoms with Crippen LogP contribution in [0.5, 0.6) is 0 Å². The maximum Gasteiger partial charge on any atom is 0.227 e. The summed E-state index contributed by atoms with van der Waals surface area (Å²) < 4.78 is 5.18. The third-order valence-corrected chi connectivity index (χ3v) is 4.29. The van der Waals surface area contributed by atoms with Gasteiger partial charge in [-0.3, -0.25) is 10.1 Å². The van der Waals surface area contributed by atoms with Gasteiger partial charge in [-0.2, -0.15) is 4.98 Å². The number of H-pyrrole nitrogens is 1. The number of hydrogen-bond acceptors (Lipinski definition) is 6. The smallest absolute Gasteiger partial charge is 0.227 e. The molecule has 7 nitrogen and oxygen atoms in total. The van der Waals surface area contributed by atoms with Crippen molar-refractivity contribution >= 4 is 34.2 Å². The van der Waals surface area contributed by atoms with Crippen LogP contribution in [-0.2, 0) is 11.2 Å². The largest absolute Gasteiger partial charge is 0.339 e. The molecule has 0 bridgehead atoms. The zero-order valence-electron chi connectivity index (χ0n) is 12.5. The van der Waals surface area contributed by atoms with Gasteiger partial charge in [0.1, 0.15) is 0 Å². The molecule has 0 aliphatic heterocycles. The molecule has 0 saturated heterocycles. The Hall–Kier alpha value is -3.00. The fraction of sp³-hybridized carbons (Fsp3) is 0.125. The van der Waals surface area contributed by atoms with Crippen molar-refractivity contribution in [1.82, 2.24) is 20.1 Å². The summed E-state index contributed by atoms with van der Waals surface area (Å²) in [6.45, 7) is 0. The fourth-order valence-corrected chi connectivity index (χ4v) is 2.94. The van der Waals surface area contributed by atoms with Gasteiger partial charge in [-0.25, -0.2) is 4.98 Å². The highest BCUT2D eigenvalue weighted by Crippen LogP contribution is 2.21. The van der Waals surface area contributed by atoms with E-state index in [9.17, 15) is 4.79 Å². The van der Waals surface area contributed by atoms with Crippen LogP contribution in [0.4, 0.5) is 5.95 Å². The number of rotatable bonds is 5. The Morgan fingerprint density at radius 3 is 2.96 bits per heavy atom. The molecule has 0 fully saturated rings. The Kier molecular flexibility index (Phi) is 3.80. The molecule has 120 valence electrons. The van der Waals surface area contributed by atoms with Gasteiger partial charge < -0.3 is 9.51 Å². The number of imidazole rings is 1. The average molecular weight is 339 g/mol. The normalized spacial score (nSPS) is 11.0. The number of para-hydroxylation sites is 2. The number of hydrogen-bond donors (Lipinski definition) is 2. The SMILES string of the molecule is O=C(CCc1nc(-c2cccs2)no1)Nc1nc2ccccc2[nH]1. The van der Waals surface area contributed by atoms with Gasteiger partial charge in [0, 0.05) is 12.8 Å². The van der Waals surface area contributed by atoms with Gasteiger partial charge in [-0.15, -0.1) is 11.3 Å². The predicted octanol–water partition coefficient (Wildman–Crippen LogP) is 3.25. The summed E-state index contributed by atoms with van der Waals surface area (Å²) >= 11 is 1.54. The molecule has 3 heterocycles. The Labute approximate surface area is 140 Å². The lowest BCUT2D eigenvalue weighted by molar-refractivity contribution is -0.116. The molecule has 24 heavy (non-hydrogen) atoms. The van der Waals surface area contributed by atoms with Crippen molar-refractivity contribution in [2.45, 2.75) is 12.8 Å². The van der Waals surface area contributed by atoms with Crippen molar-refractivity contribution in [1.29, 1.82) is 0 Å². The van der Waals surface area contributed by atoms with Gasteiger partial charge >= 0.3 is 0 Å². The van der Waals surface area contributed by atoms with E-state index in [1.807, 2.05) is 41.8 Å². The fourth-order valence-electron chi connectivity index (χ4n) is 2.29. The van der Waals surface area contributed by atoms with E-state index in [1.54, 1.807) is 11.3 Å². The Morgan fingerprint density at radius 2 is 2.12 bits per heavy atom. The average Bonchev–Trinajstić information content (AvgIpc) is 3.31. The minimum atomic E-state index is -0.162. The summed E-state index contributed by atoms with van der Waals surface area (Å²) in [5, 5.41) is 8.62. The van der Waals surface area contributed by atoms with E-state index in [0.29, 0.717) is 24.1 Å². The number of anilines is 1. The van der Waals surface area contributed by atoms with Crippen LogP contribution in [0.2, 0.25) is 0 Å². The Morgan fingerprint density at radius 1 is 1.21 bits per heavy atom. The maximum atomic E-state index is 12.0. The van der Waals surface area contributed by atoms with E-state index in [0.717, 1.165) is 15.9 Å². The second-order valence-electron chi connectivity index (χ2n) is 5.14. The molecule has 4 aromatic rings. The van der Waals surface area contributed by atoms with E-state index in [-0.39, 0.29) is 12.3 Å². The summed E-state index contributed by atoms with van der Waals surface area (Å²) in [4.78, 5) is 24.6. The standard InChI is InChI=1S/C16H13N5O2S/c22-13(19-16-17-10-4-1-2-5-11(10)18-16)7-8-14-20-15(21-23-14)12-6-3-9-24-12/h1-6,9H,7-8H2,(H2,17,18,19,22). The maximum absolute atomic E-state index is 12.0. The van der Waals surface area contributed by atoms with Gasteiger partial charge in [-0.05, 0) is 23.6 Å². The third-order valence-electron chi connectivity index (χ3n) is 3.42. The number of aryl methyl sites for hydroxylation is 1. The molecular weight excluding hydrogens is 326 g/mol. The molecule has 1 aromatic carbocycles. The number of thiophene rings is 1. The summed E-state index contributed by atoms with van der Waals surface area (Å²) in [6.07, 6.45) is 0.619. The van der Waals surface area contributed by atoms with Gasteiger partial charge in [0.25, 0.3) is 0 Å². The molecule has 0 atom stereocenters. The van der Waals surface area contributed by atoms with E-state index < -0.39 is 0 Å². The molecule has 2 N–H and O–H groups in total. The zero-order chi connectivity index (χ0) is 16.4. The predicted molar refractivity (Wildman–Crippen MR) is 90.7 cm³/mol. The molecule has 0 aliphatic carbocycles. The van der Waals surface area contributed by atoms with Crippen molar-refractivity contribution in [2.75, 3.05) is 5.32 Å². The molecule has 0 radical (unpaired) electrons. The summed E-state index contributed by atoms with van der Waals surface area (Å²) in [7, 11) is 0. The number of nitrogens with zero attached hydrogens (tertiary/aromatic N) is 3. The highest BCUT2D eigenvalue weighted by molar-refractivity contribution is 7.13. The first kappa shape index (κ1) is 14.6. The van der Waals surface area contributed by atoms with Crippen molar-refractivity contribution in [2.24, 2.45) is 0 Å². The lowest BCUT2D eigenvalue weighted by Gasteiger charge is -1.99. The highest BCUT2D eigenvalue weighted by Gasteiger charge is 2.12. The van der Waals surface area contributed by atoms with Crippen molar-refractivity contribution in [3.05, 3.63) is 47.7 Å². The van der Waals surface area contributed by atoms with Gasteiger partial charge in [-0.1, -0.05) is 23.4 Å². The summed E-state index contributed by atoms with van der Waals surface area (Å²) in [5.74, 6) is 1.27. The molecule has 3 aromatic heterocycles. The van der Waals surface area contributed by atoms with Gasteiger partial charge in [0.2, 0.25) is 23.6 Å². The number of carbonyl (C=O) groups excluding carboxylic acids is 1. The van der Waals surface area contributed by atoms with E-state index >= 15 is 0 Å². The minimum Gasteiger partial charge on any atom is -0.339 e. The Bertz CT molecular complexity index is 940. The zero-order valence-corrected chi connectivity index (χ0v) is 13.3. The second kappa shape index (κ2) is 6.25. The number of benzene rings is 1. The molecule has 8 heteroatoms. The van der Waals surface area contributed by atoms with Crippen LogP contribution >= 0.6 is 11.3 Å². The first-order valence-electron chi connectivity index (χ1n) is 7.39. The van der Waals surface area contributed by atoms with E-state index in [1.165, 1.54) is 0 Å². The van der Waals surface area contributed by atoms with Crippen LogP contribution in [0, 0.1) is 0 Å². The first-order chi connectivity index (χ1) is 11.8. The molecule has 0 unspecified atom stereocenters. The number of nitrogens with one attached hydrogen (secondary N) is 2. The van der Waals surface area contributed by atoms with Crippen molar-refractivity contribution in [3.8, 4) is 10.7 Å². The monoisotopic (exact) mass is 339 g/mol. The van der Waals surface area contributed by atoms with Crippen LogP contribution < -0.4 is 5.32 Å². The first-order valence-corrected chi connectivity index (χ1v) is 8.27. The van der Waals surface area contributed by atoms with Crippen molar-refractivity contribution < 1.29 is 9.32 Å². The number of aromatic nitrogens is 4. The van der Waals surface area contributed by atoms with Crippen LogP contribution in [0.15, 0.2) is 46.3 Å². The Balaban J connectivity index is 1.36. The quantitative estimate of drug-likeness (QED) is 0.582. The number of fused-ring (bicyclic) bond motifs is 1. The number of aromatic amines is 1. The van der Waals surface area contributed by atoms with Crippen LogP contribution in [0.25, 0.3) is 21.7 Å². The summed E-state index contributed by atoms with van der Waals surface area (Å²) in [5.41, 5.74) is 1.69. The molecule has 0 aliphatic rings. The molecule has 0 saturated carbocycles. The van der Waals surface area contributed by atoms with Crippen LogP contribution in [0.1, 0.15) is 12.3 Å². The molecule has 1 amide bonds. The second-order valence-corrected chi connectivity index (χ2v) is 6.09. The molecular formula is C16H13N5O2S. The van der Waals surface area contributed by atoms with Crippen LogP contribution in [0.3, 0.4) is 0 Å². The topological polar surface area (TPSA) is 96.7 Å². The summed E-state index contributed by atoms with van der Waals surface area (Å²) in [6, 6.07) is 11.4. The minimum absolute atomic E-state index is 0.162. The lowest BCUT2D eigenvalue weighted by Crippen LogP contribution is -2.13. The van der Waals surface area contributed by atoms with Gasteiger partial charge in [0.15, 0.2) is 0 Å². The number of amides is 1. The van der Waals surface area contributed by atoms with E-state index in [4.69, 9.17) is 4.52 Å².